The minimum absolute atomic E-state index is 0.879. The van der Waals surface area contributed by atoms with Gasteiger partial charge in [0.25, 0.3) is 0 Å². The van der Waals surface area contributed by atoms with Crippen molar-refractivity contribution >= 4 is 43.6 Å². The molecule has 4 nitrogen and oxygen atoms in total. The van der Waals surface area contributed by atoms with Gasteiger partial charge >= 0.3 is 0 Å². The lowest BCUT2D eigenvalue weighted by atomic mass is 10.1. The Morgan fingerprint density at radius 2 is 1.05 bits per heavy atom. The Hall–Kier alpha value is -3.14. The lowest BCUT2D eigenvalue weighted by Crippen LogP contribution is -1.90. The van der Waals surface area contributed by atoms with Crippen LogP contribution < -0.4 is 0 Å². The fourth-order valence-electron chi connectivity index (χ4n) is 2.92. The van der Waals surface area contributed by atoms with Gasteiger partial charge in [-0.2, -0.15) is 0 Å². The van der Waals surface area contributed by atoms with Crippen molar-refractivity contribution < 1.29 is 0 Å². The quantitative estimate of drug-likeness (QED) is 0.319. The van der Waals surface area contributed by atoms with Crippen molar-refractivity contribution in [3.8, 4) is 0 Å². The zero-order chi connectivity index (χ0) is 14.5. The molecule has 2 aromatic carbocycles. The molecular formula is C18H10N4. The molecule has 0 saturated heterocycles. The molecule has 5 aromatic rings. The van der Waals surface area contributed by atoms with Crippen LogP contribution in [-0.2, 0) is 0 Å². The second-order valence-electron chi connectivity index (χ2n) is 5.28. The first-order valence-corrected chi connectivity index (χ1v) is 7.07. The molecule has 0 bridgehead atoms. The molecule has 0 saturated carbocycles. The normalized spacial score (nSPS) is 11.6. The van der Waals surface area contributed by atoms with Crippen LogP contribution in [0.2, 0.25) is 0 Å². The molecule has 3 aromatic heterocycles. The largest absolute Gasteiger partial charge is 0.264 e. The standard InChI is InChI=1S/C18H10N4/c1-3-15-17(13-9-19-7-5-11(1)13)22-16-4-2-12-6-8-20-10-14(12)18(16)21-15/h1-10H. The first kappa shape index (κ1) is 11.5. The second-order valence-corrected chi connectivity index (χ2v) is 5.28. The Morgan fingerprint density at radius 1 is 0.545 bits per heavy atom. The van der Waals surface area contributed by atoms with E-state index in [9.17, 15) is 0 Å². The summed E-state index contributed by atoms with van der Waals surface area (Å²) >= 11 is 0. The van der Waals surface area contributed by atoms with Crippen molar-refractivity contribution in [1.82, 2.24) is 19.9 Å². The summed E-state index contributed by atoms with van der Waals surface area (Å²) < 4.78 is 0. The first-order chi connectivity index (χ1) is 10.9. The van der Waals surface area contributed by atoms with Crippen LogP contribution in [0.1, 0.15) is 0 Å². The Morgan fingerprint density at radius 3 is 1.55 bits per heavy atom. The maximum Gasteiger partial charge on any atom is 0.0988 e. The van der Waals surface area contributed by atoms with E-state index in [1.54, 1.807) is 12.4 Å². The molecule has 0 aliphatic carbocycles. The summed E-state index contributed by atoms with van der Waals surface area (Å²) in [5, 5.41) is 4.30. The SMILES string of the molecule is c1cc2ccc3nc4c(ccc5ccncc54)nc3c2cn1. The molecule has 0 spiro atoms. The summed E-state index contributed by atoms with van der Waals surface area (Å²) in [6.07, 6.45) is 7.28. The van der Waals surface area contributed by atoms with E-state index in [1.807, 2.05) is 36.7 Å². The molecule has 5 rings (SSSR count). The summed E-state index contributed by atoms with van der Waals surface area (Å²) in [5.41, 5.74) is 3.54. The van der Waals surface area contributed by atoms with Gasteiger partial charge in [0.05, 0.1) is 22.1 Å². The molecule has 0 radical (unpaired) electrons. The minimum Gasteiger partial charge on any atom is -0.264 e. The van der Waals surface area contributed by atoms with Gasteiger partial charge in [-0.1, -0.05) is 12.1 Å². The van der Waals surface area contributed by atoms with Gasteiger partial charge in [-0.25, -0.2) is 9.97 Å². The Kier molecular flexibility index (Phi) is 2.19. The third-order valence-corrected chi connectivity index (χ3v) is 4.01. The van der Waals surface area contributed by atoms with E-state index >= 15 is 0 Å². The van der Waals surface area contributed by atoms with E-state index in [4.69, 9.17) is 9.97 Å². The van der Waals surface area contributed by atoms with Crippen LogP contribution >= 0.6 is 0 Å². The van der Waals surface area contributed by atoms with Crippen molar-refractivity contribution in [1.29, 1.82) is 0 Å². The average Bonchev–Trinajstić information content (AvgIpc) is 2.60. The maximum atomic E-state index is 4.83. The van der Waals surface area contributed by atoms with E-state index < -0.39 is 0 Å². The van der Waals surface area contributed by atoms with Crippen LogP contribution in [0.15, 0.2) is 61.2 Å². The van der Waals surface area contributed by atoms with Crippen molar-refractivity contribution in [2.75, 3.05) is 0 Å². The van der Waals surface area contributed by atoms with Gasteiger partial charge in [-0.15, -0.1) is 0 Å². The third kappa shape index (κ3) is 1.52. The average molecular weight is 282 g/mol. The van der Waals surface area contributed by atoms with E-state index in [-0.39, 0.29) is 0 Å². The van der Waals surface area contributed by atoms with Crippen molar-refractivity contribution in [2.24, 2.45) is 0 Å². The monoisotopic (exact) mass is 282 g/mol. The molecule has 0 aliphatic rings. The van der Waals surface area contributed by atoms with Crippen LogP contribution in [0.3, 0.4) is 0 Å². The number of pyridine rings is 2. The van der Waals surface area contributed by atoms with E-state index in [0.717, 1.165) is 43.6 Å². The van der Waals surface area contributed by atoms with Crippen LogP contribution in [0.4, 0.5) is 0 Å². The summed E-state index contributed by atoms with van der Waals surface area (Å²) in [6.45, 7) is 0. The number of fused-ring (bicyclic) bond motifs is 6. The van der Waals surface area contributed by atoms with Gasteiger partial charge < -0.3 is 0 Å². The molecule has 4 heteroatoms. The minimum atomic E-state index is 0.879. The number of benzene rings is 2. The van der Waals surface area contributed by atoms with Gasteiger partial charge in [-0.05, 0) is 35.0 Å². The molecule has 22 heavy (non-hydrogen) atoms. The van der Waals surface area contributed by atoms with Gasteiger partial charge in [-0.3, -0.25) is 9.97 Å². The Balaban J connectivity index is 2.02. The second kappa shape index (κ2) is 4.18. The van der Waals surface area contributed by atoms with Crippen LogP contribution in [0.25, 0.3) is 43.6 Å². The summed E-state index contributed by atoms with van der Waals surface area (Å²) in [6, 6.07) is 12.1. The Labute approximate surface area is 125 Å². The number of aromatic nitrogens is 4. The smallest absolute Gasteiger partial charge is 0.0988 e. The number of rotatable bonds is 0. The molecule has 0 amide bonds. The molecule has 102 valence electrons. The number of hydrogen-bond donors (Lipinski definition) is 0. The topological polar surface area (TPSA) is 51.6 Å². The lowest BCUT2D eigenvalue weighted by Gasteiger charge is -2.06. The summed E-state index contributed by atoms with van der Waals surface area (Å²) in [5.74, 6) is 0. The van der Waals surface area contributed by atoms with Crippen molar-refractivity contribution in [3.63, 3.8) is 0 Å². The predicted molar refractivity (Wildman–Crippen MR) is 87.6 cm³/mol. The molecule has 0 atom stereocenters. The van der Waals surface area contributed by atoms with Gasteiger partial charge in [0.15, 0.2) is 0 Å². The third-order valence-electron chi connectivity index (χ3n) is 4.01. The van der Waals surface area contributed by atoms with Crippen molar-refractivity contribution in [2.45, 2.75) is 0 Å². The maximum absolute atomic E-state index is 4.83. The zero-order valence-corrected chi connectivity index (χ0v) is 11.6. The van der Waals surface area contributed by atoms with Gasteiger partial charge in [0, 0.05) is 35.6 Å². The molecule has 0 aliphatic heterocycles. The molecule has 3 heterocycles. The zero-order valence-electron chi connectivity index (χ0n) is 11.6. The van der Waals surface area contributed by atoms with Crippen LogP contribution in [0.5, 0.6) is 0 Å². The van der Waals surface area contributed by atoms with Crippen LogP contribution in [0, 0.1) is 0 Å². The highest BCUT2D eigenvalue weighted by atomic mass is 14.8. The van der Waals surface area contributed by atoms with Crippen LogP contribution in [-0.4, -0.2) is 19.9 Å². The highest BCUT2D eigenvalue weighted by Crippen LogP contribution is 2.27. The predicted octanol–water partition coefficient (Wildman–Crippen LogP) is 3.88. The van der Waals surface area contributed by atoms with E-state index in [2.05, 4.69) is 22.1 Å². The molecule has 0 unspecified atom stereocenters. The molecular weight excluding hydrogens is 272 g/mol. The summed E-state index contributed by atoms with van der Waals surface area (Å²) in [7, 11) is 0. The highest BCUT2D eigenvalue weighted by Gasteiger charge is 2.08. The van der Waals surface area contributed by atoms with Crippen molar-refractivity contribution in [3.05, 3.63) is 61.2 Å². The fraction of sp³-hybridized carbons (Fsp3) is 0. The van der Waals surface area contributed by atoms with E-state index in [1.165, 1.54) is 0 Å². The number of hydrogen-bond acceptors (Lipinski definition) is 4. The molecule has 0 N–H and O–H groups in total. The lowest BCUT2D eigenvalue weighted by molar-refractivity contribution is 1.35. The first-order valence-electron chi connectivity index (χ1n) is 7.07. The highest BCUT2D eigenvalue weighted by molar-refractivity contribution is 6.10. The van der Waals surface area contributed by atoms with Gasteiger partial charge in [0.2, 0.25) is 0 Å². The molecule has 0 fully saturated rings. The fourth-order valence-corrected chi connectivity index (χ4v) is 2.92. The van der Waals surface area contributed by atoms with E-state index in [0.29, 0.717) is 0 Å². The van der Waals surface area contributed by atoms with Gasteiger partial charge in [0.1, 0.15) is 0 Å². The Bertz CT molecular complexity index is 1090. The summed E-state index contributed by atoms with van der Waals surface area (Å²) in [4.78, 5) is 18.1. The number of nitrogens with zero attached hydrogens (tertiary/aromatic N) is 4.